The minimum atomic E-state index is 0.126. The minimum absolute atomic E-state index is 0.126. The normalized spacial score (nSPS) is 15.7. The van der Waals surface area contributed by atoms with Gasteiger partial charge in [0.2, 0.25) is 0 Å². The van der Waals surface area contributed by atoms with Crippen molar-refractivity contribution in [2.24, 2.45) is 11.3 Å². The highest BCUT2D eigenvalue weighted by Crippen LogP contribution is 2.52. The smallest absolute Gasteiger partial charge is 0.140 e. The maximum Gasteiger partial charge on any atom is 0.140 e. The number of fused-ring (bicyclic) bond motifs is 5. The van der Waals surface area contributed by atoms with Crippen molar-refractivity contribution in [1.82, 2.24) is 4.98 Å². The molecule has 7 rings (SSSR count). The molecular weight excluding hydrogens is 486 g/mol. The molecule has 0 saturated heterocycles. The molecule has 2 nitrogen and oxygen atoms in total. The molecule has 0 spiro atoms. The lowest BCUT2D eigenvalue weighted by Crippen LogP contribution is -2.12. The average Bonchev–Trinajstić information content (AvgIpc) is 2.93. The monoisotopic (exact) mass is 527 g/mol. The third kappa shape index (κ3) is 4.46. The zero-order chi connectivity index (χ0) is 27.6. The van der Waals surface area contributed by atoms with Gasteiger partial charge in [0.1, 0.15) is 11.5 Å². The van der Waals surface area contributed by atoms with Crippen LogP contribution in [0.2, 0.25) is 0 Å². The zero-order valence-corrected chi connectivity index (χ0v) is 24.7. The lowest BCUT2D eigenvalue weighted by molar-refractivity contribution is 0.400. The summed E-state index contributed by atoms with van der Waals surface area (Å²) in [4.78, 5) is 5.03. The summed E-state index contributed by atoms with van der Waals surface area (Å²) in [6.45, 7) is 11.5. The molecule has 0 amide bonds. The van der Waals surface area contributed by atoms with E-state index in [1.165, 1.54) is 75.7 Å². The molecule has 2 aliphatic rings. The number of nitrogens with zero attached hydrogens (tertiary/aromatic N) is 1. The SMILES string of the molecule is CC(C)Cc1ccc2c(CC(C)(C)C)c3c(cc2c1)-c1nccc2c1c(cc1ccc(C4CCCCC4)cc12)O3. The second kappa shape index (κ2) is 9.61. The van der Waals surface area contributed by atoms with Crippen LogP contribution in [0.1, 0.15) is 89.3 Å². The first-order valence-corrected chi connectivity index (χ1v) is 15.4. The molecule has 1 aliphatic heterocycles. The third-order valence-corrected chi connectivity index (χ3v) is 9.01. The van der Waals surface area contributed by atoms with E-state index < -0.39 is 0 Å². The van der Waals surface area contributed by atoms with E-state index >= 15 is 0 Å². The van der Waals surface area contributed by atoms with Crippen molar-refractivity contribution in [3.8, 4) is 22.8 Å². The fraction of sp³-hybridized carbons (Fsp3) is 0.395. The van der Waals surface area contributed by atoms with Crippen LogP contribution in [-0.2, 0) is 12.8 Å². The Labute approximate surface area is 238 Å². The van der Waals surface area contributed by atoms with E-state index in [9.17, 15) is 0 Å². The fourth-order valence-electron chi connectivity index (χ4n) is 7.28. The minimum Gasteiger partial charge on any atom is -0.456 e. The van der Waals surface area contributed by atoms with Gasteiger partial charge in [-0.1, -0.05) is 90.3 Å². The van der Waals surface area contributed by atoms with Gasteiger partial charge < -0.3 is 4.74 Å². The number of rotatable bonds is 4. The molecule has 204 valence electrons. The lowest BCUT2D eigenvalue weighted by atomic mass is 9.82. The van der Waals surface area contributed by atoms with Crippen molar-refractivity contribution < 1.29 is 4.74 Å². The van der Waals surface area contributed by atoms with Gasteiger partial charge in [-0.15, -0.1) is 0 Å². The van der Waals surface area contributed by atoms with Crippen LogP contribution < -0.4 is 4.74 Å². The van der Waals surface area contributed by atoms with Gasteiger partial charge in [-0.2, -0.15) is 0 Å². The summed E-state index contributed by atoms with van der Waals surface area (Å²) in [6.07, 6.45) is 10.7. The lowest BCUT2D eigenvalue weighted by Gasteiger charge is -2.28. The summed E-state index contributed by atoms with van der Waals surface area (Å²) in [5, 5.41) is 7.58. The first-order valence-electron chi connectivity index (χ1n) is 15.4. The van der Waals surface area contributed by atoms with Gasteiger partial charge in [-0.3, -0.25) is 4.98 Å². The van der Waals surface area contributed by atoms with Crippen molar-refractivity contribution in [2.75, 3.05) is 0 Å². The Balaban J connectivity index is 1.47. The molecule has 0 N–H and O–H groups in total. The summed E-state index contributed by atoms with van der Waals surface area (Å²) in [7, 11) is 0. The summed E-state index contributed by atoms with van der Waals surface area (Å²) in [5.41, 5.74) is 6.51. The quantitative estimate of drug-likeness (QED) is 0.213. The van der Waals surface area contributed by atoms with E-state index in [0.717, 1.165) is 41.0 Å². The molecule has 0 atom stereocenters. The second-order valence-corrected chi connectivity index (χ2v) is 14.0. The Morgan fingerprint density at radius 2 is 1.68 bits per heavy atom. The number of aromatic nitrogens is 1. The van der Waals surface area contributed by atoms with Gasteiger partial charge >= 0.3 is 0 Å². The molecule has 1 fully saturated rings. The van der Waals surface area contributed by atoms with E-state index in [1.54, 1.807) is 0 Å². The first-order chi connectivity index (χ1) is 19.2. The Bertz CT molecular complexity index is 1770. The van der Waals surface area contributed by atoms with Crippen LogP contribution in [0.3, 0.4) is 0 Å². The van der Waals surface area contributed by atoms with E-state index in [0.29, 0.717) is 11.8 Å². The average molecular weight is 528 g/mol. The second-order valence-electron chi connectivity index (χ2n) is 14.0. The van der Waals surface area contributed by atoms with Crippen LogP contribution in [0.5, 0.6) is 11.5 Å². The number of benzene rings is 4. The van der Waals surface area contributed by atoms with Crippen molar-refractivity contribution >= 4 is 32.3 Å². The van der Waals surface area contributed by atoms with Crippen molar-refractivity contribution in [3.05, 3.63) is 77.5 Å². The molecule has 2 heterocycles. The molecule has 4 aromatic carbocycles. The molecule has 0 radical (unpaired) electrons. The van der Waals surface area contributed by atoms with Gasteiger partial charge in [0, 0.05) is 17.3 Å². The molecule has 1 saturated carbocycles. The highest BCUT2D eigenvalue weighted by molar-refractivity contribution is 6.16. The summed E-state index contributed by atoms with van der Waals surface area (Å²) in [6, 6.07) is 21.0. The van der Waals surface area contributed by atoms with Crippen LogP contribution in [0.15, 0.2) is 60.8 Å². The van der Waals surface area contributed by atoms with Crippen LogP contribution >= 0.6 is 0 Å². The standard InChI is InChI=1S/C38H41NO/c1-23(2)17-24-11-14-29-28(18-24)20-32-36-35-30(15-16-39-36)31-19-26(25-9-7-6-8-10-25)12-13-27(31)21-34(35)40-37(32)33(29)22-38(3,4)5/h11-16,18-21,23,25H,6-10,17,22H2,1-5H3. The maximum absolute atomic E-state index is 6.94. The molecule has 40 heavy (non-hydrogen) atoms. The summed E-state index contributed by atoms with van der Waals surface area (Å²) in [5.74, 6) is 3.24. The Hall–Kier alpha value is -3.39. The fourth-order valence-corrected chi connectivity index (χ4v) is 7.28. The van der Waals surface area contributed by atoms with Crippen LogP contribution in [0.25, 0.3) is 43.6 Å². The zero-order valence-electron chi connectivity index (χ0n) is 24.7. The first kappa shape index (κ1) is 25.6. The van der Waals surface area contributed by atoms with Crippen LogP contribution in [0.4, 0.5) is 0 Å². The third-order valence-electron chi connectivity index (χ3n) is 9.01. The van der Waals surface area contributed by atoms with Crippen molar-refractivity contribution in [3.63, 3.8) is 0 Å². The van der Waals surface area contributed by atoms with Gasteiger partial charge in [-0.25, -0.2) is 0 Å². The number of pyridine rings is 1. The summed E-state index contributed by atoms with van der Waals surface area (Å²) >= 11 is 0. The Morgan fingerprint density at radius 1 is 0.850 bits per heavy atom. The number of ether oxygens (including phenoxy) is 1. The number of hydrogen-bond acceptors (Lipinski definition) is 2. The van der Waals surface area contributed by atoms with E-state index in [1.807, 2.05) is 6.20 Å². The Morgan fingerprint density at radius 3 is 2.45 bits per heavy atom. The molecule has 1 aliphatic carbocycles. The van der Waals surface area contributed by atoms with E-state index in [2.05, 4.69) is 89.2 Å². The maximum atomic E-state index is 6.94. The molecule has 2 heteroatoms. The van der Waals surface area contributed by atoms with Crippen molar-refractivity contribution in [1.29, 1.82) is 0 Å². The highest BCUT2D eigenvalue weighted by Gasteiger charge is 2.29. The predicted molar refractivity (Wildman–Crippen MR) is 170 cm³/mol. The predicted octanol–water partition coefficient (Wildman–Crippen LogP) is 11.1. The number of hydrogen-bond donors (Lipinski definition) is 0. The molecule has 5 aromatic rings. The van der Waals surface area contributed by atoms with E-state index in [4.69, 9.17) is 9.72 Å². The molecule has 0 unspecified atom stereocenters. The van der Waals surface area contributed by atoms with Gasteiger partial charge in [0.05, 0.1) is 11.1 Å². The van der Waals surface area contributed by atoms with Crippen molar-refractivity contribution in [2.45, 2.75) is 85.5 Å². The topological polar surface area (TPSA) is 22.1 Å². The van der Waals surface area contributed by atoms with Crippen LogP contribution in [0, 0.1) is 11.3 Å². The molecular formula is C38H41NO. The highest BCUT2D eigenvalue weighted by atomic mass is 16.5. The largest absolute Gasteiger partial charge is 0.456 e. The van der Waals surface area contributed by atoms with Crippen LogP contribution in [-0.4, -0.2) is 4.98 Å². The van der Waals surface area contributed by atoms with Gasteiger partial charge in [-0.05, 0) is 99.2 Å². The summed E-state index contributed by atoms with van der Waals surface area (Å²) < 4.78 is 6.94. The van der Waals surface area contributed by atoms with Gasteiger partial charge in [0.15, 0.2) is 0 Å². The Kier molecular flexibility index (Phi) is 6.15. The molecule has 0 bridgehead atoms. The molecule has 1 aromatic heterocycles. The van der Waals surface area contributed by atoms with E-state index in [-0.39, 0.29) is 5.41 Å². The van der Waals surface area contributed by atoms with Gasteiger partial charge in [0.25, 0.3) is 0 Å².